The van der Waals surface area contributed by atoms with Crippen LogP contribution in [0.4, 0.5) is 0 Å². The minimum atomic E-state index is -0.266. The molecule has 4 aliphatic rings. The van der Waals surface area contributed by atoms with E-state index >= 15 is 0 Å². The third-order valence-electron chi connectivity index (χ3n) is 9.39. The van der Waals surface area contributed by atoms with Crippen LogP contribution in [0.25, 0.3) is 0 Å². The molecule has 0 aliphatic heterocycles. The van der Waals surface area contributed by atoms with Gasteiger partial charge in [0.1, 0.15) is 6.29 Å². The molecule has 0 amide bonds. The Morgan fingerprint density at radius 1 is 1.19 bits per heavy atom. The largest absolute Gasteiger partial charge is 0.396 e. The third-order valence-corrected chi connectivity index (χ3v) is 9.39. The molecule has 0 spiro atoms. The highest BCUT2D eigenvalue weighted by Crippen LogP contribution is 2.67. The number of hydrogen-bond acceptors (Lipinski definition) is 3. The van der Waals surface area contributed by atoms with Gasteiger partial charge in [-0.15, -0.1) is 0 Å². The Morgan fingerprint density at radius 2 is 1.96 bits per heavy atom. The quantitative estimate of drug-likeness (QED) is 0.591. The molecule has 3 saturated carbocycles. The Hall–Kier alpha value is -0.670. The van der Waals surface area contributed by atoms with Crippen molar-refractivity contribution in [1.82, 2.24) is 0 Å². The van der Waals surface area contributed by atoms with Gasteiger partial charge in [0, 0.05) is 12.5 Å². The smallest absolute Gasteiger partial charge is 0.126 e. The summed E-state index contributed by atoms with van der Waals surface area (Å²) in [5.41, 5.74) is 1.80. The zero-order valence-corrected chi connectivity index (χ0v) is 16.7. The van der Waals surface area contributed by atoms with E-state index in [1.165, 1.54) is 31.3 Å². The zero-order valence-electron chi connectivity index (χ0n) is 16.7. The van der Waals surface area contributed by atoms with Gasteiger partial charge >= 0.3 is 0 Å². The highest BCUT2D eigenvalue weighted by Gasteiger charge is 2.61. The standard InChI is InChI=1S/C23H36O3/c1-14(12-24)17-4-5-18-21-19(7-9-23(17,18)3)22(2)8-6-15(13-25)10-16(22)11-20(21)26/h10,13-15,17-21,24,26H,4-9,11-12H2,1-3H3/t14?,15?,17-,18+,19+,20?,21+,22+,23-/m1/s1. The van der Waals surface area contributed by atoms with Crippen LogP contribution in [-0.4, -0.2) is 29.2 Å². The van der Waals surface area contributed by atoms with Crippen molar-refractivity contribution < 1.29 is 15.0 Å². The van der Waals surface area contributed by atoms with Gasteiger partial charge in [-0.2, -0.15) is 0 Å². The topological polar surface area (TPSA) is 57.5 Å². The molecule has 0 saturated heterocycles. The van der Waals surface area contributed by atoms with Crippen LogP contribution in [0.2, 0.25) is 0 Å². The summed E-state index contributed by atoms with van der Waals surface area (Å²) in [6.07, 6.45) is 10.6. The lowest BCUT2D eigenvalue weighted by atomic mass is 9.45. The summed E-state index contributed by atoms with van der Waals surface area (Å²) in [4.78, 5) is 11.3. The molecule has 26 heavy (non-hydrogen) atoms. The van der Waals surface area contributed by atoms with E-state index in [4.69, 9.17) is 0 Å². The van der Waals surface area contributed by atoms with Gasteiger partial charge in [-0.3, -0.25) is 0 Å². The minimum absolute atomic E-state index is 0.0527. The molecule has 2 N–H and O–H groups in total. The molecule has 3 heteroatoms. The van der Waals surface area contributed by atoms with Gasteiger partial charge in [0.2, 0.25) is 0 Å². The second-order valence-electron chi connectivity index (χ2n) is 10.4. The Morgan fingerprint density at radius 3 is 2.65 bits per heavy atom. The third kappa shape index (κ3) is 2.49. The maximum absolute atomic E-state index is 11.3. The number of allylic oxidation sites excluding steroid dienone is 1. The van der Waals surface area contributed by atoms with Crippen LogP contribution in [-0.2, 0) is 4.79 Å². The van der Waals surface area contributed by atoms with Crippen molar-refractivity contribution in [3.8, 4) is 0 Å². The zero-order chi connectivity index (χ0) is 18.7. The van der Waals surface area contributed by atoms with Gasteiger partial charge in [0.05, 0.1) is 6.10 Å². The molecule has 0 heterocycles. The summed E-state index contributed by atoms with van der Waals surface area (Å²) in [5.74, 6) is 2.51. The maximum Gasteiger partial charge on any atom is 0.126 e. The summed E-state index contributed by atoms with van der Waals surface area (Å²) in [5, 5.41) is 20.9. The molecule has 0 bridgehead atoms. The molecule has 0 aromatic rings. The molecule has 4 rings (SSSR count). The first-order chi connectivity index (χ1) is 12.3. The Balaban J connectivity index is 1.66. The fraction of sp³-hybridized carbons (Fsp3) is 0.870. The van der Waals surface area contributed by atoms with Crippen molar-refractivity contribution in [2.75, 3.05) is 6.61 Å². The van der Waals surface area contributed by atoms with Crippen LogP contribution < -0.4 is 0 Å². The first kappa shape index (κ1) is 18.7. The van der Waals surface area contributed by atoms with Crippen LogP contribution in [0.3, 0.4) is 0 Å². The van der Waals surface area contributed by atoms with Crippen molar-refractivity contribution in [2.45, 2.75) is 71.8 Å². The Labute approximate surface area is 158 Å². The van der Waals surface area contributed by atoms with Crippen LogP contribution in [0.15, 0.2) is 11.6 Å². The number of rotatable bonds is 3. The van der Waals surface area contributed by atoms with Crippen molar-refractivity contribution in [2.24, 2.45) is 46.3 Å². The average Bonchev–Trinajstić information content (AvgIpc) is 2.98. The van der Waals surface area contributed by atoms with E-state index in [9.17, 15) is 15.0 Å². The lowest BCUT2D eigenvalue weighted by Crippen LogP contribution is -2.55. The molecule has 4 aliphatic carbocycles. The van der Waals surface area contributed by atoms with E-state index in [1.54, 1.807) is 0 Å². The number of aldehydes is 1. The van der Waals surface area contributed by atoms with Crippen LogP contribution >= 0.6 is 0 Å². The molecular weight excluding hydrogens is 324 g/mol. The summed E-state index contributed by atoms with van der Waals surface area (Å²) < 4.78 is 0. The molecule has 0 radical (unpaired) electrons. The first-order valence-corrected chi connectivity index (χ1v) is 10.8. The summed E-state index contributed by atoms with van der Waals surface area (Å²) in [6, 6.07) is 0. The summed E-state index contributed by atoms with van der Waals surface area (Å²) >= 11 is 0. The van der Waals surface area contributed by atoms with Gasteiger partial charge in [0.15, 0.2) is 0 Å². The number of aliphatic hydroxyl groups excluding tert-OH is 2. The molecular formula is C23H36O3. The first-order valence-electron chi connectivity index (χ1n) is 10.8. The molecule has 0 aromatic carbocycles. The lowest BCUT2D eigenvalue weighted by Gasteiger charge is -2.60. The van der Waals surface area contributed by atoms with Crippen LogP contribution in [0.1, 0.15) is 65.7 Å². The summed E-state index contributed by atoms with van der Waals surface area (Å²) in [7, 11) is 0. The monoisotopic (exact) mass is 360 g/mol. The van der Waals surface area contributed by atoms with Crippen molar-refractivity contribution in [1.29, 1.82) is 0 Å². The Kier molecular flexibility index (Phi) is 4.63. The van der Waals surface area contributed by atoms with E-state index in [-0.39, 0.29) is 29.5 Å². The molecule has 146 valence electrons. The van der Waals surface area contributed by atoms with Crippen LogP contribution in [0.5, 0.6) is 0 Å². The molecule has 9 atom stereocenters. The highest BCUT2D eigenvalue weighted by atomic mass is 16.3. The van der Waals surface area contributed by atoms with Gasteiger partial charge < -0.3 is 15.0 Å². The average molecular weight is 361 g/mol. The van der Waals surface area contributed by atoms with Gasteiger partial charge in [-0.05, 0) is 85.4 Å². The maximum atomic E-state index is 11.3. The fourth-order valence-electron chi connectivity index (χ4n) is 7.93. The molecule has 0 aromatic heterocycles. The van der Waals surface area contributed by atoms with Gasteiger partial charge in [0.25, 0.3) is 0 Å². The van der Waals surface area contributed by atoms with E-state index in [0.29, 0.717) is 29.6 Å². The van der Waals surface area contributed by atoms with Crippen molar-refractivity contribution in [3.63, 3.8) is 0 Å². The van der Waals surface area contributed by atoms with Gasteiger partial charge in [-0.1, -0.05) is 32.4 Å². The second kappa shape index (κ2) is 6.44. The Bertz CT molecular complexity index is 598. The fourth-order valence-corrected chi connectivity index (χ4v) is 7.93. The second-order valence-corrected chi connectivity index (χ2v) is 10.4. The van der Waals surface area contributed by atoms with Crippen molar-refractivity contribution >= 4 is 6.29 Å². The highest BCUT2D eigenvalue weighted by molar-refractivity contribution is 5.58. The summed E-state index contributed by atoms with van der Waals surface area (Å²) in [6.45, 7) is 7.34. The molecule has 3 unspecified atom stereocenters. The SMILES string of the molecule is CC(CO)[C@H]1CC[C@H]2[C@@H]3C(O)CC4=CC(C=O)CC[C@]4(C)[C@H]3CC[C@]12C. The number of fused-ring (bicyclic) bond motifs is 5. The van der Waals surface area contributed by atoms with E-state index in [1.807, 2.05) is 0 Å². The number of carbonyl (C=O) groups is 1. The lowest BCUT2D eigenvalue weighted by molar-refractivity contribution is -0.118. The predicted octanol–water partition coefficient (Wildman–Crippen LogP) is 3.98. The molecule has 3 fully saturated rings. The predicted molar refractivity (Wildman–Crippen MR) is 102 cm³/mol. The minimum Gasteiger partial charge on any atom is -0.396 e. The van der Waals surface area contributed by atoms with Crippen molar-refractivity contribution in [3.05, 3.63) is 11.6 Å². The molecule has 3 nitrogen and oxygen atoms in total. The number of carbonyl (C=O) groups excluding carboxylic acids is 1. The van der Waals surface area contributed by atoms with E-state index in [2.05, 4.69) is 26.8 Å². The van der Waals surface area contributed by atoms with Crippen LogP contribution in [0, 0.1) is 46.3 Å². The van der Waals surface area contributed by atoms with Gasteiger partial charge in [-0.25, -0.2) is 0 Å². The number of hydrogen-bond donors (Lipinski definition) is 2. The normalized spacial score (nSPS) is 51.7. The van der Waals surface area contributed by atoms with E-state index in [0.717, 1.165) is 25.5 Å². The number of aliphatic hydroxyl groups is 2. The van der Waals surface area contributed by atoms with E-state index < -0.39 is 0 Å².